The van der Waals surface area contributed by atoms with Crippen LogP contribution in [0.2, 0.25) is 0 Å². The highest BCUT2D eigenvalue weighted by Crippen LogP contribution is 2.08. The van der Waals surface area contributed by atoms with Crippen molar-refractivity contribution in [3.63, 3.8) is 0 Å². The zero-order chi connectivity index (χ0) is 14.8. The fraction of sp³-hybridized carbons (Fsp3) is 0.467. The molecule has 1 heterocycles. The molecule has 1 aliphatic heterocycles. The third-order valence-corrected chi connectivity index (χ3v) is 2.92. The second-order valence-corrected chi connectivity index (χ2v) is 4.69. The van der Waals surface area contributed by atoms with Gasteiger partial charge in [-0.05, 0) is 0 Å². The Morgan fingerprint density at radius 3 is 2.19 bits per heavy atom. The van der Waals surface area contributed by atoms with E-state index in [1.54, 1.807) is 30.3 Å². The summed E-state index contributed by atoms with van der Waals surface area (Å²) >= 11 is 0. The molecule has 0 unspecified atom stereocenters. The van der Waals surface area contributed by atoms with Crippen LogP contribution in [0.3, 0.4) is 0 Å². The van der Waals surface area contributed by atoms with E-state index < -0.39 is 11.9 Å². The number of carboxylic acids is 1. The molecular weight excluding hydrogens is 274 g/mol. The lowest BCUT2D eigenvalue weighted by Crippen LogP contribution is -2.87. The summed E-state index contributed by atoms with van der Waals surface area (Å²) in [6.07, 6.45) is -0.00759. The van der Waals surface area contributed by atoms with Crippen LogP contribution in [0.15, 0.2) is 30.3 Å². The van der Waals surface area contributed by atoms with Gasteiger partial charge in [-0.1, -0.05) is 37.3 Å². The van der Waals surface area contributed by atoms with Crippen molar-refractivity contribution in [3.8, 4) is 0 Å². The fourth-order valence-electron chi connectivity index (χ4n) is 1.68. The minimum atomic E-state index is -1.19. The number of hydrogen-bond donors (Lipinski definition) is 1. The molecule has 1 aromatic carbocycles. The first-order chi connectivity index (χ1) is 9.61. The largest absolute Gasteiger partial charge is 0.550 e. The van der Waals surface area contributed by atoms with E-state index in [9.17, 15) is 14.7 Å². The summed E-state index contributed by atoms with van der Waals surface area (Å²) < 4.78 is 5.04. The van der Waals surface area contributed by atoms with E-state index in [1.165, 1.54) is 6.92 Å². The van der Waals surface area contributed by atoms with Crippen molar-refractivity contribution in [1.82, 2.24) is 0 Å². The molecule has 118 valence electrons. The van der Waals surface area contributed by atoms with Gasteiger partial charge in [0.2, 0.25) is 0 Å². The van der Waals surface area contributed by atoms with Gasteiger partial charge in [-0.3, -0.25) is 4.79 Å². The molecule has 1 fully saturated rings. The first-order valence-electron chi connectivity index (χ1n) is 6.79. The van der Waals surface area contributed by atoms with Crippen LogP contribution < -0.4 is 10.4 Å². The molecule has 21 heavy (non-hydrogen) atoms. The van der Waals surface area contributed by atoms with Crippen molar-refractivity contribution in [2.75, 3.05) is 26.3 Å². The van der Waals surface area contributed by atoms with Gasteiger partial charge in [0.25, 0.3) is 0 Å². The normalized spacial score (nSPS) is 14.9. The van der Waals surface area contributed by atoms with E-state index in [-0.39, 0.29) is 17.7 Å². The topological polar surface area (TPSA) is 115 Å². The van der Waals surface area contributed by atoms with Gasteiger partial charge in [0.15, 0.2) is 5.78 Å². The van der Waals surface area contributed by atoms with Crippen LogP contribution in [0.1, 0.15) is 23.7 Å². The number of nitrogens with two attached hydrogens (primary N) is 1. The molecule has 1 aromatic rings. The number of carbonyl (C=O) groups is 2. The minimum absolute atomic E-state index is 0. The number of aliphatic carboxylic acids is 1. The maximum Gasteiger partial charge on any atom is 0.163 e. The van der Waals surface area contributed by atoms with Crippen LogP contribution >= 0.6 is 0 Å². The van der Waals surface area contributed by atoms with E-state index >= 15 is 0 Å². The molecule has 0 amide bonds. The number of hydrogen-bond acceptors (Lipinski definition) is 4. The van der Waals surface area contributed by atoms with Crippen molar-refractivity contribution in [1.29, 1.82) is 0 Å². The molecule has 0 aromatic heterocycles. The second-order valence-electron chi connectivity index (χ2n) is 4.69. The zero-order valence-electron chi connectivity index (χ0n) is 12.2. The number of carbonyl (C=O) groups excluding carboxylic acids is 2. The predicted molar refractivity (Wildman–Crippen MR) is 75.7 cm³/mol. The molecule has 1 saturated heterocycles. The monoisotopic (exact) mass is 297 g/mol. The highest BCUT2D eigenvalue weighted by atomic mass is 16.5. The number of morpholine rings is 1. The lowest BCUT2D eigenvalue weighted by Gasteiger charge is -2.10. The van der Waals surface area contributed by atoms with Gasteiger partial charge in [-0.25, -0.2) is 0 Å². The maximum absolute atomic E-state index is 11.5. The number of Topliss-reactive ketones (excluding diaryl/α,β-unsaturated/α-hetero) is 1. The standard InChI is InChI=1S/C11H12O3.C4H9NO.H2O/c1-8(11(13)14)7-10(12)9-5-3-2-4-6-9;1-3-6-4-2-5-1;/h2-6,8H,7H2,1H3,(H,13,14);5H,1-4H2;1H2/t8-;;/m1../s1. The summed E-state index contributed by atoms with van der Waals surface area (Å²) in [6.45, 7) is 5.66. The van der Waals surface area contributed by atoms with E-state index in [0.29, 0.717) is 5.56 Å². The summed E-state index contributed by atoms with van der Waals surface area (Å²) in [7, 11) is 0. The van der Waals surface area contributed by atoms with E-state index in [2.05, 4.69) is 5.32 Å². The molecule has 0 bridgehead atoms. The third-order valence-electron chi connectivity index (χ3n) is 2.92. The number of benzene rings is 1. The van der Waals surface area contributed by atoms with E-state index in [4.69, 9.17) is 4.74 Å². The van der Waals surface area contributed by atoms with Gasteiger partial charge in [0.1, 0.15) is 0 Å². The fourth-order valence-corrected chi connectivity index (χ4v) is 1.68. The number of quaternary nitrogens is 1. The molecule has 0 aliphatic carbocycles. The van der Waals surface area contributed by atoms with Gasteiger partial charge >= 0.3 is 0 Å². The van der Waals surface area contributed by atoms with E-state index in [0.717, 1.165) is 26.3 Å². The van der Waals surface area contributed by atoms with E-state index in [1.807, 2.05) is 0 Å². The average Bonchev–Trinajstić information content (AvgIpc) is 2.50. The van der Waals surface area contributed by atoms with Gasteiger partial charge in [-0.2, -0.15) is 0 Å². The molecule has 0 saturated carbocycles. The number of ketones is 1. The van der Waals surface area contributed by atoms with Crippen molar-refractivity contribution < 1.29 is 30.2 Å². The van der Waals surface area contributed by atoms with Gasteiger partial charge in [0.05, 0.1) is 26.3 Å². The molecule has 2 rings (SSSR count). The summed E-state index contributed by atoms with van der Waals surface area (Å²) in [4.78, 5) is 21.9. The zero-order valence-corrected chi connectivity index (χ0v) is 12.2. The Balaban J connectivity index is 0.000000480. The Hall–Kier alpha value is -1.76. The predicted octanol–water partition coefficient (Wildman–Crippen LogP) is -1.60. The minimum Gasteiger partial charge on any atom is -0.550 e. The number of carboxylic acid groups (broad SMARTS) is 1. The summed E-state index contributed by atoms with van der Waals surface area (Å²) in [5, 5.41) is 12.7. The first-order valence-corrected chi connectivity index (χ1v) is 6.79. The SMILES string of the molecule is C1COCC[NH2+]1.C[C@H](CC(=O)c1ccccc1)C(=O)[O-].O. The lowest BCUT2D eigenvalue weighted by atomic mass is 10.0. The highest BCUT2D eigenvalue weighted by Gasteiger charge is 2.11. The maximum atomic E-state index is 11.5. The van der Waals surface area contributed by atoms with Crippen LogP contribution in [-0.4, -0.2) is 43.5 Å². The number of rotatable bonds is 4. The summed E-state index contributed by atoms with van der Waals surface area (Å²) in [5.74, 6) is -2.08. The summed E-state index contributed by atoms with van der Waals surface area (Å²) in [5.41, 5.74) is 0.542. The van der Waals surface area contributed by atoms with Gasteiger partial charge < -0.3 is 25.4 Å². The molecule has 1 atom stereocenters. The quantitative estimate of drug-likeness (QED) is 0.674. The Bertz CT molecular complexity index is 406. The lowest BCUT2D eigenvalue weighted by molar-refractivity contribution is -0.670. The highest BCUT2D eigenvalue weighted by molar-refractivity contribution is 5.97. The first kappa shape index (κ1) is 19.2. The van der Waals surface area contributed by atoms with Crippen molar-refractivity contribution in [2.24, 2.45) is 5.92 Å². The van der Waals surface area contributed by atoms with Crippen molar-refractivity contribution >= 4 is 11.8 Å². The Morgan fingerprint density at radius 2 is 1.81 bits per heavy atom. The van der Waals surface area contributed by atoms with Gasteiger partial charge in [0, 0.05) is 23.9 Å². The number of ether oxygens (including phenoxy) is 1. The van der Waals surface area contributed by atoms with Crippen LogP contribution in [0.5, 0.6) is 0 Å². The van der Waals surface area contributed by atoms with Crippen LogP contribution in [0.4, 0.5) is 0 Å². The van der Waals surface area contributed by atoms with Gasteiger partial charge in [-0.15, -0.1) is 0 Å². The molecule has 6 heteroatoms. The van der Waals surface area contributed by atoms with Crippen molar-refractivity contribution in [2.45, 2.75) is 13.3 Å². The van der Waals surface area contributed by atoms with Crippen LogP contribution in [0, 0.1) is 5.92 Å². The molecule has 0 spiro atoms. The van der Waals surface area contributed by atoms with Crippen LogP contribution in [-0.2, 0) is 9.53 Å². The average molecular weight is 297 g/mol. The summed E-state index contributed by atoms with van der Waals surface area (Å²) in [6, 6.07) is 8.64. The van der Waals surface area contributed by atoms with Crippen molar-refractivity contribution in [3.05, 3.63) is 35.9 Å². The molecule has 1 aliphatic rings. The Morgan fingerprint density at radius 1 is 1.24 bits per heavy atom. The third kappa shape index (κ3) is 8.19. The van der Waals surface area contributed by atoms with Crippen LogP contribution in [0.25, 0.3) is 0 Å². The Labute approximate surface area is 124 Å². The Kier molecular flexibility index (Phi) is 10.0. The molecule has 0 radical (unpaired) electrons. The smallest absolute Gasteiger partial charge is 0.163 e. The second kappa shape index (κ2) is 11.0. The molecular formula is C15H23NO5. The molecule has 4 N–H and O–H groups in total. The molecule has 6 nitrogen and oxygen atoms in total.